The van der Waals surface area contributed by atoms with Gasteiger partial charge in [0, 0.05) is 35.8 Å². The third kappa shape index (κ3) is 4.27. The molecule has 0 unspecified atom stereocenters. The van der Waals surface area contributed by atoms with Gasteiger partial charge in [0.2, 0.25) is 10.0 Å². The van der Waals surface area contributed by atoms with Gasteiger partial charge >= 0.3 is 0 Å². The van der Waals surface area contributed by atoms with Crippen LogP contribution >= 0.6 is 0 Å². The molecule has 1 aliphatic carbocycles. The van der Waals surface area contributed by atoms with Crippen LogP contribution in [0, 0.1) is 6.92 Å². The first-order valence-corrected chi connectivity index (χ1v) is 12.7. The number of nitrogens with zero attached hydrogens (tertiary/aromatic N) is 4. The predicted octanol–water partition coefficient (Wildman–Crippen LogP) is 2.93. The summed E-state index contributed by atoms with van der Waals surface area (Å²) in [5.41, 5.74) is 10.6. The van der Waals surface area contributed by atoms with Gasteiger partial charge in [-0.05, 0) is 62.4 Å². The summed E-state index contributed by atoms with van der Waals surface area (Å²) in [5, 5.41) is 9.71. The van der Waals surface area contributed by atoms with Crippen molar-refractivity contribution in [3.8, 4) is 22.5 Å². The number of nitrogen functional groups attached to an aromatic ring is 1. The van der Waals surface area contributed by atoms with Crippen LogP contribution < -0.4 is 10.5 Å². The van der Waals surface area contributed by atoms with E-state index in [1.54, 1.807) is 36.8 Å². The van der Waals surface area contributed by atoms with Gasteiger partial charge in [0.25, 0.3) is 0 Å². The van der Waals surface area contributed by atoms with E-state index in [1.165, 1.54) is 0 Å². The zero-order valence-corrected chi connectivity index (χ0v) is 19.5. The molecule has 3 aromatic heterocycles. The summed E-state index contributed by atoms with van der Waals surface area (Å²) >= 11 is 0. The maximum atomic E-state index is 13.1. The highest BCUT2D eigenvalue weighted by Crippen LogP contribution is 2.30. The van der Waals surface area contributed by atoms with Crippen molar-refractivity contribution in [2.45, 2.75) is 49.6 Å². The number of aliphatic hydroxyl groups is 1. The topological polar surface area (TPSA) is 136 Å². The Bertz CT molecular complexity index is 1440. The molecule has 1 aliphatic rings. The lowest BCUT2D eigenvalue weighted by Crippen LogP contribution is -2.38. The SMILES string of the molecule is Cc1ccc(S(=O)(=O)N[C@H]2CC[C@H](O)CC2)cc1-c1cnc2c(N)nc(-c3ccncc3)cn12. The first kappa shape index (κ1) is 22.5. The molecule has 0 saturated heterocycles. The Morgan fingerprint density at radius 3 is 2.59 bits per heavy atom. The van der Waals surface area contributed by atoms with E-state index in [2.05, 4.69) is 19.7 Å². The van der Waals surface area contributed by atoms with E-state index in [4.69, 9.17) is 5.73 Å². The number of anilines is 1. The number of imidazole rings is 1. The molecule has 176 valence electrons. The molecule has 4 N–H and O–H groups in total. The number of aromatic nitrogens is 4. The first-order chi connectivity index (χ1) is 16.3. The molecular formula is C24H26N6O3S. The molecule has 0 amide bonds. The lowest BCUT2D eigenvalue weighted by atomic mass is 9.94. The minimum absolute atomic E-state index is 0.178. The molecule has 10 heteroatoms. The van der Waals surface area contributed by atoms with Gasteiger partial charge in [-0.3, -0.25) is 9.38 Å². The average Bonchev–Trinajstić information content (AvgIpc) is 3.25. The molecular weight excluding hydrogens is 452 g/mol. The summed E-state index contributed by atoms with van der Waals surface area (Å²) in [4.78, 5) is 13.1. The number of sulfonamides is 1. The van der Waals surface area contributed by atoms with Crippen LogP contribution in [0.1, 0.15) is 31.2 Å². The Balaban J connectivity index is 1.55. The van der Waals surface area contributed by atoms with Gasteiger partial charge in [-0.2, -0.15) is 0 Å². The standard InChI is InChI=1S/C24H26N6O3S/c1-15-2-7-19(34(32,33)29-17-3-5-18(31)6-4-17)12-20(15)22-13-27-24-23(25)28-21(14-30(22)24)16-8-10-26-11-9-16/h2,7-14,17-18,29,31H,3-6H2,1H3,(H2,25,28)/t17-,18-. The fourth-order valence-corrected chi connectivity index (χ4v) is 5.73. The number of hydrogen-bond acceptors (Lipinski definition) is 7. The van der Waals surface area contributed by atoms with Gasteiger partial charge in [0.1, 0.15) is 0 Å². The van der Waals surface area contributed by atoms with Gasteiger partial charge < -0.3 is 10.8 Å². The van der Waals surface area contributed by atoms with Crippen LogP contribution in [-0.4, -0.2) is 45.0 Å². The highest BCUT2D eigenvalue weighted by Gasteiger charge is 2.25. The fourth-order valence-electron chi connectivity index (χ4n) is 4.40. The van der Waals surface area contributed by atoms with Crippen molar-refractivity contribution in [1.29, 1.82) is 0 Å². The van der Waals surface area contributed by atoms with Crippen molar-refractivity contribution >= 4 is 21.5 Å². The van der Waals surface area contributed by atoms with Crippen LogP contribution in [-0.2, 0) is 10.0 Å². The van der Waals surface area contributed by atoms with Crippen LogP contribution in [0.5, 0.6) is 0 Å². The highest BCUT2D eigenvalue weighted by atomic mass is 32.2. The number of aliphatic hydroxyl groups excluding tert-OH is 1. The van der Waals surface area contributed by atoms with Crippen molar-refractivity contribution in [1.82, 2.24) is 24.1 Å². The molecule has 1 fully saturated rings. The minimum Gasteiger partial charge on any atom is -0.393 e. The Hall–Kier alpha value is -3.34. The lowest BCUT2D eigenvalue weighted by molar-refractivity contribution is 0.120. The monoisotopic (exact) mass is 478 g/mol. The quantitative estimate of drug-likeness (QED) is 0.401. The molecule has 1 aromatic carbocycles. The fraction of sp³-hybridized carbons (Fsp3) is 0.292. The van der Waals surface area contributed by atoms with Crippen molar-refractivity contribution in [2.24, 2.45) is 0 Å². The smallest absolute Gasteiger partial charge is 0.240 e. The number of nitrogens with two attached hydrogens (primary N) is 1. The van der Waals surface area contributed by atoms with Crippen molar-refractivity contribution in [2.75, 3.05) is 5.73 Å². The predicted molar refractivity (Wildman–Crippen MR) is 129 cm³/mol. The molecule has 0 bridgehead atoms. The average molecular weight is 479 g/mol. The number of nitrogens with one attached hydrogen (secondary N) is 1. The van der Waals surface area contributed by atoms with E-state index in [1.807, 2.05) is 29.7 Å². The molecule has 0 radical (unpaired) electrons. The Morgan fingerprint density at radius 2 is 1.85 bits per heavy atom. The van der Waals surface area contributed by atoms with Crippen molar-refractivity contribution in [3.05, 3.63) is 60.7 Å². The second-order valence-corrected chi connectivity index (χ2v) is 10.4. The van der Waals surface area contributed by atoms with Gasteiger partial charge in [0.05, 0.1) is 28.6 Å². The highest BCUT2D eigenvalue weighted by molar-refractivity contribution is 7.89. The Morgan fingerprint density at radius 1 is 1.12 bits per heavy atom. The number of pyridine rings is 1. The molecule has 4 aromatic rings. The molecule has 9 nitrogen and oxygen atoms in total. The van der Waals surface area contributed by atoms with Crippen molar-refractivity contribution < 1.29 is 13.5 Å². The second-order valence-electron chi connectivity index (χ2n) is 8.69. The third-order valence-corrected chi connectivity index (χ3v) is 7.83. The summed E-state index contributed by atoms with van der Waals surface area (Å²) in [7, 11) is -3.73. The second kappa shape index (κ2) is 8.79. The van der Waals surface area contributed by atoms with Crippen LogP contribution in [0.2, 0.25) is 0 Å². The van der Waals surface area contributed by atoms with Gasteiger partial charge in [0.15, 0.2) is 11.5 Å². The lowest BCUT2D eigenvalue weighted by Gasteiger charge is -2.26. The van der Waals surface area contributed by atoms with E-state index in [-0.39, 0.29) is 22.9 Å². The summed E-state index contributed by atoms with van der Waals surface area (Å²) < 4.78 is 30.9. The summed E-state index contributed by atoms with van der Waals surface area (Å²) in [6, 6.07) is 8.59. The van der Waals surface area contributed by atoms with Crippen LogP contribution in [0.25, 0.3) is 28.2 Å². The molecule has 1 saturated carbocycles. The number of benzene rings is 1. The zero-order valence-electron chi connectivity index (χ0n) is 18.7. The molecule has 3 heterocycles. The number of rotatable bonds is 5. The van der Waals surface area contributed by atoms with E-state index < -0.39 is 10.0 Å². The van der Waals surface area contributed by atoms with Gasteiger partial charge in [-0.15, -0.1) is 0 Å². The van der Waals surface area contributed by atoms with E-state index in [9.17, 15) is 13.5 Å². The maximum absolute atomic E-state index is 13.1. The molecule has 0 aliphatic heterocycles. The van der Waals surface area contributed by atoms with Crippen LogP contribution in [0.3, 0.4) is 0 Å². The van der Waals surface area contributed by atoms with E-state index in [0.717, 1.165) is 22.4 Å². The molecule has 0 atom stereocenters. The minimum atomic E-state index is -3.73. The molecule has 5 rings (SSSR count). The maximum Gasteiger partial charge on any atom is 0.240 e. The number of aryl methyl sites for hydroxylation is 1. The summed E-state index contributed by atoms with van der Waals surface area (Å²) in [6.45, 7) is 1.93. The Labute approximate surface area is 197 Å². The molecule has 34 heavy (non-hydrogen) atoms. The summed E-state index contributed by atoms with van der Waals surface area (Å²) in [6.07, 6.45) is 8.99. The number of hydrogen-bond donors (Lipinski definition) is 3. The van der Waals surface area contributed by atoms with E-state index in [0.29, 0.717) is 37.0 Å². The van der Waals surface area contributed by atoms with Crippen LogP contribution in [0.15, 0.2) is 60.0 Å². The Kier molecular flexibility index (Phi) is 5.80. The third-order valence-electron chi connectivity index (χ3n) is 6.31. The van der Waals surface area contributed by atoms with E-state index >= 15 is 0 Å². The van der Waals surface area contributed by atoms with Gasteiger partial charge in [-0.1, -0.05) is 6.07 Å². The largest absolute Gasteiger partial charge is 0.393 e. The first-order valence-electron chi connectivity index (χ1n) is 11.2. The molecule has 0 spiro atoms. The van der Waals surface area contributed by atoms with Crippen LogP contribution in [0.4, 0.5) is 5.82 Å². The number of fused-ring (bicyclic) bond motifs is 1. The van der Waals surface area contributed by atoms with Crippen molar-refractivity contribution in [3.63, 3.8) is 0 Å². The summed E-state index contributed by atoms with van der Waals surface area (Å²) in [5.74, 6) is 0.281. The zero-order chi connectivity index (χ0) is 23.9. The van der Waals surface area contributed by atoms with Gasteiger partial charge in [-0.25, -0.2) is 23.1 Å². The normalized spacial score (nSPS) is 18.9.